The van der Waals surface area contributed by atoms with Crippen molar-refractivity contribution >= 4 is 40.2 Å². The van der Waals surface area contributed by atoms with Crippen LogP contribution >= 0.6 is 23.2 Å². The van der Waals surface area contributed by atoms with Gasteiger partial charge in [-0.25, -0.2) is 9.37 Å². The molecule has 1 unspecified atom stereocenters. The Hall–Kier alpha value is -2.29. The van der Waals surface area contributed by atoms with Gasteiger partial charge < -0.3 is 10.3 Å². The van der Waals surface area contributed by atoms with Crippen molar-refractivity contribution in [2.75, 3.05) is 11.9 Å². The number of fused-ring (bicyclic) bond motifs is 1. The quantitative estimate of drug-likeness (QED) is 0.707. The van der Waals surface area contributed by atoms with E-state index < -0.39 is 6.17 Å². The number of para-hydroxylation sites is 1. The number of aromatic amines is 1. The molecule has 0 spiro atoms. The molecule has 0 saturated heterocycles. The standard InChI is InChI=1S/C16H11Cl2FN4/c17-11-5-4-9(6-12(11)18)13(19)8-21-16-22-14-3-1-2-10(7-20)15(14)23-16/h1-6,13H,8H2,(H2,21,22,23). The SMILES string of the molecule is N#Cc1cccc2[nH]c(NCC(F)c3ccc(Cl)c(Cl)c3)nc12. The smallest absolute Gasteiger partial charge is 0.201 e. The summed E-state index contributed by atoms with van der Waals surface area (Å²) < 4.78 is 14.3. The van der Waals surface area contributed by atoms with Crippen LogP contribution in [-0.4, -0.2) is 16.5 Å². The molecule has 23 heavy (non-hydrogen) atoms. The number of nitrogens with one attached hydrogen (secondary N) is 2. The molecule has 1 aromatic heterocycles. The van der Waals surface area contributed by atoms with Crippen molar-refractivity contribution in [2.45, 2.75) is 6.17 Å². The maximum atomic E-state index is 14.3. The van der Waals surface area contributed by atoms with Crippen molar-refractivity contribution in [3.63, 3.8) is 0 Å². The number of rotatable bonds is 4. The molecule has 0 bridgehead atoms. The summed E-state index contributed by atoms with van der Waals surface area (Å²) in [5.74, 6) is 0.408. The Bertz CT molecular complexity index is 901. The van der Waals surface area contributed by atoms with E-state index in [1.165, 1.54) is 6.07 Å². The molecule has 0 aliphatic rings. The number of nitrogens with zero attached hydrogens (tertiary/aromatic N) is 2. The van der Waals surface area contributed by atoms with E-state index in [9.17, 15) is 4.39 Å². The molecule has 0 fully saturated rings. The molecule has 0 radical (unpaired) electrons. The zero-order valence-electron chi connectivity index (χ0n) is 11.8. The molecule has 1 heterocycles. The van der Waals surface area contributed by atoms with E-state index >= 15 is 0 Å². The number of hydrogen-bond donors (Lipinski definition) is 2. The van der Waals surface area contributed by atoms with Crippen molar-refractivity contribution in [3.05, 3.63) is 57.6 Å². The average Bonchev–Trinajstić information content (AvgIpc) is 2.98. The maximum Gasteiger partial charge on any atom is 0.201 e. The zero-order valence-corrected chi connectivity index (χ0v) is 13.3. The van der Waals surface area contributed by atoms with Crippen molar-refractivity contribution < 1.29 is 4.39 Å². The van der Waals surface area contributed by atoms with Gasteiger partial charge in [-0.05, 0) is 29.8 Å². The Morgan fingerprint density at radius 3 is 2.83 bits per heavy atom. The van der Waals surface area contributed by atoms with Crippen molar-refractivity contribution in [3.8, 4) is 6.07 Å². The van der Waals surface area contributed by atoms with Gasteiger partial charge >= 0.3 is 0 Å². The molecule has 2 aromatic carbocycles. The van der Waals surface area contributed by atoms with Gasteiger partial charge in [0.1, 0.15) is 17.8 Å². The van der Waals surface area contributed by atoms with Gasteiger partial charge in [-0.3, -0.25) is 0 Å². The molecule has 3 rings (SSSR count). The lowest BCUT2D eigenvalue weighted by atomic mass is 10.1. The fraction of sp³-hybridized carbons (Fsp3) is 0.125. The lowest BCUT2D eigenvalue weighted by Crippen LogP contribution is -2.09. The first-order valence-corrected chi connectivity index (χ1v) is 7.56. The number of benzene rings is 2. The van der Waals surface area contributed by atoms with Gasteiger partial charge in [0.25, 0.3) is 0 Å². The van der Waals surface area contributed by atoms with E-state index in [0.29, 0.717) is 32.6 Å². The van der Waals surface area contributed by atoms with Gasteiger partial charge in [0.05, 0.1) is 27.7 Å². The first-order valence-electron chi connectivity index (χ1n) is 6.80. The molecule has 0 saturated carbocycles. The van der Waals surface area contributed by atoms with Crippen LogP contribution in [0.15, 0.2) is 36.4 Å². The van der Waals surface area contributed by atoms with E-state index in [0.717, 1.165) is 5.52 Å². The number of aromatic nitrogens is 2. The molecule has 7 heteroatoms. The molecule has 0 aliphatic heterocycles. The van der Waals surface area contributed by atoms with E-state index in [1.54, 1.807) is 30.3 Å². The fourth-order valence-corrected chi connectivity index (χ4v) is 2.52. The second kappa shape index (κ2) is 6.45. The van der Waals surface area contributed by atoms with Crippen LogP contribution in [0.1, 0.15) is 17.3 Å². The Morgan fingerprint density at radius 1 is 1.26 bits per heavy atom. The number of hydrogen-bond acceptors (Lipinski definition) is 3. The van der Waals surface area contributed by atoms with Gasteiger partial charge in [0.2, 0.25) is 5.95 Å². The van der Waals surface area contributed by atoms with Gasteiger partial charge in [0.15, 0.2) is 0 Å². The second-order valence-electron chi connectivity index (χ2n) is 4.92. The second-order valence-corrected chi connectivity index (χ2v) is 5.74. The molecule has 0 amide bonds. The van der Waals surface area contributed by atoms with Crippen LogP contribution in [0.5, 0.6) is 0 Å². The third-order valence-electron chi connectivity index (χ3n) is 3.39. The Balaban J connectivity index is 1.75. The number of alkyl halides is 1. The minimum absolute atomic E-state index is 0.0136. The highest BCUT2D eigenvalue weighted by Crippen LogP contribution is 2.27. The molecule has 0 aliphatic carbocycles. The summed E-state index contributed by atoms with van der Waals surface area (Å²) in [7, 11) is 0. The van der Waals surface area contributed by atoms with E-state index in [1.807, 2.05) is 0 Å². The highest BCUT2D eigenvalue weighted by molar-refractivity contribution is 6.42. The van der Waals surface area contributed by atoms with Crippen molar-refractivity contribution in [1.29, 1.82) is 5.26 Å². The van der Waals surface area contributed by atoms with E-state index in [-0.39, 0.29) is 6.54 Å². The summed E-state index contributed by atoms with van der Waals surface area (Å²) in [6.45, 7) is 0.0136. The van der Waals surface area contributed by atoms with Crippen LogP contribution in [0.3, 0.4) is 0 Å². The number of nitriles is 1. The Kier molecular flexibility index (Phi) is 4.37. The van der Waals surface area contributed by atoms with Crippen LogP contribution in [0, 0.1) is 11.3 Å². The number of imidazole rings is 1. The first-order chi connectivity index (χ1) is 11.1. The van der Waals surface area contributed by atoms with E-state index in [2.05, 4.69) is 21.4 Å². The minimum atomic E-state index is -1.27. The summed E-state index contributed by atoms with van der Waals surface area (Å²) in [6, 6.07) is 12.0. The van der Waals surface area contributed by atoms with E-state index in [4.69, 9.17) is 28.5 Å². The fourth-order valence-electron chi connectivity index (χ4n) is 2.22. The van der Waals surface area contributed by atoms with Gasteiger partial charge in [0, 0.05) is 0 Å². The molecule has 4 nitrogen and oxygen atoms in total. The van der Waals surface area contributed by atoms with Crippen LogP contribution in [0.4, 0.5) is 10.3 Å². The number of anilines is 1. The van der Waals surface area contributed by atoms with Crippen LogP contribution in [0.2, 0.25) is 10.0 Å². The molecular weight excluding hydrogens is 338 g/mol. The number of halogens is 3. The highest BCUT2D eigenvalue weighted by atomic mass is 35.5. The summed E-state index contributed by atoms with van der Waals surface area (Å²) in [5.41, 5.74) is 2.17. The highest BCUT2D eigenvalue weighted by Gasteiger charge is 2.13. The zero-order chi connectivity index (χ0) is 16.4. The summed E-state index contributed by atoms with van der Waals surface area (Å²) in [4.78, 5) is 7.29. The third kappa shape index (κ3) is 3.24. The summed E-state index contributed by atoms with van der Waals surface area (Å²) >= 11 is 11.7. The van der Waals surface area contributed by atoms with Crippen LogP contribution in [0.25, 0.3) is 11.0 Å². The molecular formula is C16H11Cl2FN4. The van der Waals surface area contributed by atoms with Crippen LogP contribution in [-0.2, 0) is 0 Å². The summed E-state index contributed by atoms with van der Waals surface area (Å²) in [5, 5.41) is 12.6. The number of H-pyrrole nitrogens is 1. The van der Waals surface area contributed by atoms with Crippen molar-refractivity contribution in [2.24, 2.45) is 0 Å². The lowest BCUT2D eigenvalue weighted by Gasteiger charge is -2.10. The molecule has 3 aromatic rings. The molecule has 2 N–H and O–H groups in total. The Labute approximate surface area is 141 Å². The lowest BCUT2D eigenvalue weighted by molar-refractivity contribution is 0.360. The molecule has 116 valence electrons. The van der Waals surface area contributed by atoms with Gasteiger partial charge in [-0.15, -0.1) is 0 Å². The Morgan fingerprint density at radius 2 is 2.09 bits per heavy atom. The topological polar surface area (TPSA) is 64.5 Å². The normalized spacial score (nSPS) is 12.1. The monoisotopic (exact) mass is 348 g/mol. The van der Waals surface area contributed by atoms with Crippen molar-refractivity contribution in [1.82, 2.24) is 9.97 Å². The third-order valence-corrected chi connectivity index (χ3v) is 4.13. The largest absolute Gasteiger partial charge is 0.353 e. The predicted octanol–water partition coefficient (Wildman–Crippen LogP) is 4.86. The minimum Gasteiger partial charge on any atom is -0.353 e. The van der Waals surface area contributed by atoms with Gasteiger partial charge in [-0.1, -0.05) is 35.3 Å². The summed E-state index contributed by atoms with van der Waals surface area (Å²) in [6.07, 6.45) is -1.27. The van der Waals surface area contributed by atoms with Crippen LogP contribution < -0.4 is 5.32 Å². The van der Waals surface area contributed by atoms with Gasteiger partial charge in [-0.2, -0.15) is 5.26 Å². The predicted molar refractivity (Wildman–Crippen MR) is 89.6 cm³/mol. The average molecular weight is 349 g/mol. The maximum absolute atomic E-state index is 14.3. The first kappa shape index (κ1) is 15.6. The molecule has 1 atom stereocenters.